The van der Waals surface area contributed by atoms with Gasteiger partial charge in [-0.25, -0.2) is 0 Å². The normalized spacial score (nSPS) is 9.15. The number of rotatable bonds is 3. The first-order valence-electron chi connectivity index (χ1n) is 9.18. The van der Waals surface area contributed by atoms with Crippen LogP contribution in [0, 0.1) is 58.2 Å². The SMILES string of the molecule is CC(C)(C)[C]#[Mo].O=[N+]([O-])c1cc[c-]cc1.O=[N+]([O-])c1cc[c-]cc1.O=[N+]([O-])c1cc[c-]cc1. The summed E-state index contributed by atoms with van der Waals surface area (Å²) in [6, 6.07) is 25.5. The van der Waals surface area contributed by atoms with Gasteiger partial charge in [0.25, 0.3) is 0 Å². The minimum Gasteiger partial charge on any atom is -0.260 e. The van der Waals surface area contributed by atoms with Crippen LogP contribution in [0.5, 0.6) is 0 Å². The van der Waals surface area contributed by atoms with Crippen molar-refractivity contribution < 1.29 is 33.9 Å². The van der Waals surface area contributed by atoms with Gasteiger partial charge in [-0.1, -0.05) is 36.4 Å². The summed E-state index contributed by atoms with van der Waals surface area (Å²) in [5.74, 6) is 0. The van der Waals surface area contributed by atoms with Gasteiger partial charge in [0.1, 0.15) is 0 Å². The van der Waals surface area contributed by atoms with E-state index in [4.69, 9.17) is 0 Å². The summed E-state index contributed by atoms with van der Waals surface area (Å²) in [6.45, 7) is 6.40. The summed E-state index contributed by atoms with van der Waals surface area (Å²) in [4.78, 5) is 28.7. The maximum atomic E-state index is 9.99. The molecule has 0 aromatic heterocycles. The monoisotopic (exact) mass is 533 g/mol. The predicted molar refractivity (Wildman–Crippen MR) is 119 cm³/mol. The molecule has 0 saturated carbocycles. The zero-order valence-electron chi connectivity index (χ0n) is 18.1. The van der Waals surface area contributed by atoms with Gasteiger partial charge in [-0.2, -0.15) is 54.6 Å². The van der Waals surface area contributed by atoms with E-state index in [1.807, 2.05) is 19.2 Å². The largest absolute Gasteiger partial charge is 0.260 e. The molecule has 0 fully saturated rings. The number of hydrogen-bond acceptors (Lipinski definition) is 6. The van der Waals surface area contributed by atoms with Gasteiger partial charge in [-0.15, -0.1) is 0 Å². The van der Waals surface area contributed by atoms with Crippen LogP contribution in [0.4, 0.5) is 17.1 Å². The molecule has 173 valence electrons. The molecule has 0 bridgehead atoms. The van der Waals surface area contributed by atoms with Crippen molar-refractivity contribution in [3.05, 3.63) is 121 Å². The van der Waals surface area contributed by atoms with Gasteiger partial charge in [0, 0.05) is 14.8 Å². The number of non-ortho nitro benzene ring substituents is 3. The third-order valence-electron chi connectivity index (χ3n) is 3.04. The molecule has 0 saturated heterocycles. The van der Waals surface area contributed by atoms with E-state index in [0.29, 0.717) is 5.41 Å². The Labute approximate surface area is 202 Å². The minimum atomic E-state index is -0.437. The number of nitro benzene ring substituents is 3. The van der Waals surface area contributed by atoms with Crippen molar-refractivity contribution in [2.75, 3.05) is 0 Å². The van der Waals surface area contributed by atoms with Crippen LogP contribution < -0.4 is 0 Å². The van der Waals surface area contributed by atoms with Crippen molar-refractivity contribution in [3.8, 4) is 4.20 Å². The molecule has 0 radical (unpaired) electrons. The van der Waals surface area contributed by atoms with Crippen molar-refractivity contribution in [2.45, 2.75) is 20.8 Å². The van der Waals surface area contributed by atoms with Crippen molar-refractivity contribution in [2.24, 2.45) is 5.41 Å². The maximum Gasteiger partial charge on any atom is 0.166 e. The Morgan fingerprint density at radius 3 is 0.909 bits per heavy atom. The van der Waals surface area contributed by atoms with Crippen molar-refractivity contribution in [3.63, 3.8) is 0 Å². The van der Waals surface area contributed by atoms with Crippen molar-refractivity contribution in [1.29, 1.82) is 0 Å². The van der Waals surface area contributed by atoms with Gasteiger partial charge in [-0.05, 0) is 0 Å². The molecule has 10 heteroatoms. The van der Waals surface area contributed by atoms with Crippen LogP contribution in [-0.4, -0.2) is 14.8 Å². The first-order chi connectivity index (χ1) is 15.5. The smallest absolute Gasteiger partial charge is 0.166 e. The molecule has 3 aromatic carbocycles. The molecule has 0 amide bonds. The van der Waals surface area contributed by atoms with Gasteiger partial charge in [0.05, 0.1) is 0 Å². The predicted octanol–water partition coefficient (Wildman–Crippen LogP) is 5.72. The Kier molecular flexibility index (Phi) is 14.2. The summed E-state index contributed by atoms with van der Waals surface area (Å²) in [5, 5.41) is 30.0. The molecule has 0 aliphatic rings. The zero-order valence-corrected chi connectivity index (χ0v) is 20.1. The molecule has 0 unspecified atom stereocenters. The summed E-state index contributed by atoms with van der Waals surface area (Å²) in [7, 11) is 0. The van der Waals surface area contributed by atoms with Crippen LogP contribution in [0.1, 0.15) is 20.8 Å². The second-order valence-electron chi connectivity index (χ2n) is 6.90. The van der Waals surface area contributed by atoms with Crippen LogP contribution in [0.25, 0.3) is 0 Å². The molecule has 0 N–H and O–H groups in total. The van der Waals surface area contributed by atoms with E-state index in [0.717, 1.165) is 0 Å². The fourth-order valence-corrected chi connectivity index (χ4v) is 1.50. The van der Waals surface area contributed by atoms with Crippen LogP contribution in [0.3, 0.4) is 0 Å². The number of hydrogen-bond donors (Lipinski definition) is 0. The van der Waals surface area contributed by atoms with E-state index in [9.17, 15) is 30.3 Å². The molecule has 33 heavy (non-hydrogen) atoms. The Hall–Kier alpha value is -3.67. The van der Waals surface area contributed by atoms with E-state index >= 15 is 0 Å². The second kappa shape index (κ2) is 16.0. The van der Waals surface area contributed by atoms with Gasteiger partial charge in [-0.3, -0.25) is 30.3 Å². The fourth-order valence-electron chi connectivity index (χ4n) is 1.50. The Morgan fingerprint density at radius 2 is 0.818 bits per heavy atom. The summed E-state index contributed by atoms with van der Waals surface area (Å²) in [6.07, 6.45) is 0. The zero-order chi connectivity index (χ0) is 25.3. The van der Waals surface area contributed by atoms with Crippen LogP contribution >= 0.6 is 0 Å². The Bertz CT molecular complexity index is 917. The number of nitrogens with zero attached hydrogens (tertiary/aromatic N) is 3. The Morgan fingerprint density at radius 1 is 0.636 bits per heavy atom. The molecule has 9 nitrogen and oxygen atoms in total. The third-order valence-corrected chi connectivity index (χ3v) is 4.55. The van der Waals surface area contributed by atoms with Crippen LogP contribution in [-0.2, 0) is 19.2 Å². The Balaban J connectivity index is 0.000000419. The minimum absolute atomic E-state index is 0.105. The summed E-state index contributed by atoms with van der Waals surface area (Å²) < 4.78 is 3.11. The van der Waals surface area contributed by atoms with E-state index in [-0.39, 0.29) is 17.1 Å². The first kappa shape index (κ1) is 29.3. The van der Waals surface area contributed by atoms with Gasteiger partial charge < -0.3 is 0 Å². The molecule has 0 atom stereocenters. The summed E-state index contributed by atoms with van der Waals surface area (Å²) >= 11 is 1.90. The molecular weight excluding hydrogens is 510 g/mol. The van der Waals surface area contributed by atoms with Crippen LogP contribution in [0.2, 0.25) is 0 Å². The first-order valence-corrected chi connectivity index (χ1v) is 10.2. The van der Waals surface area contributed by atoms with E-state index in [1.165, 1.54) is 72.8 Å². The second-order valence-corrected chi connectivity index (χ2v) is 7.40. The third kappa shape index (κ3) is 15.7. The van der Waals surface area contributed by atoms with E-state index < -0.39 is 14.8 Å². The van der Waals surface area contributed by atoms with Gasteiger partial charge in [0.15, 0.2) is 17.1 Å². The van der Waals surface area contributed by atoms with Crippen LogP contribution in [0.15, 0.2) is 72.8 Å². The quantitative estimate of drug-likeness (QED) is 0.184. The van der Waals surface area contributed by atoms with Gasteiger partial charge >= 0.3 is 49.5 Å². The standard InChI is InChI=1S/3C6H4NO2.C5H9.Mo/c3*8-7(9)6-4-2-1-3-5-6;1-5(2,3)4;/h3*2-5H;1-3H3;/q3*-1;;. The fraction of sp³-hybridized carbons (Fsp3) is 0.174. The molecule has 0 heterocycles. The van der Waals surface area contributed by atoms with Gasteiger partial charge in [0.2, 0.25) is 0 Å². The number of nitro groups is 3. The molecule has 3 aromatic rings. The number of benzene rings is 3. The molecule has 0 aliphatic heterocycles. The molecule has 3 rings (SSSR count). The van der Waals surface area contributed by atoms with Crippen molar-refractivity contribution >= 4 is 17.1 Å². The maximum absolute atomic E-state index is 9.99. The topological polar surface area (TPSA) is 129 Å². The average Bonchev–Trinajstić information content (AvgIpc) is 2.81. The van der Waals surface area contributed by atoms with E-state index in [2.05, 4.69) is 43.2 Å². The van der Waals surface area contributed by atoms with E-state index in [1.54, 1.807) is 0 Å². The molecule has 0 aliphatic carbocycles. The van der Waals surface area contributed by atoms with Crippen molar-refractivity contribution in [1.82, 2.24) is 0 Å². The molecular formula is C23H21MoN3O6-3. The molecule has 0 spiro atoms. The average molecular weight is 531 g/mol. The summed E-state index contributed by atoms with van der Waals surface area (Å²) in [5.41, 5.74) is 0.612.